The van der Waals surface area contributed by atoms with Crippen molar-refractivity contribution in [2.45, 2.75) is 45.6 Å². The van der Waals surface area contributed by atoms with E-state index >= 15 is 0 Å². The summed E-state index contributed by atoms with van der Waals surface area (Å²) in [6.45, 7) is 3.96. The molecule has 0 N–H and O–H groups in total. The van der Waals surface area contributed by atoms with Crippen molar-refractivity contribution in [3.63, 3.8) is 0 Å². The molecule has 0 heterocycles. The van der Waals surface area contributed by atoms with E-state index in [4.69, 9.17) is 14.2 Å². The number of carbonyl (C=O) groups is 2. The van der Waals surface area contributed by atoms with Crippen LogP contribution in [0.4, 0.5) is 0 Å². The number of hydrogen-bond acceptors (Lipinski definition) is 5. The van der Waals surface area contributed by atoms with Crippen LogP contribution in [0.5, 0.6) is 11.5 Å². The second-order valence-electron chi connectivity index (χ2n) is 5.17. The summed E-state index contributed by atoms with van der Waals surface area (Å²) in [5, 5.41) is 0. The highest BCUT2D eigenvalue weighted by Crippen LogP contribution is 2.17. The summed E-state index contributed by atoms with van der Waals surface area (Å²) >= 11 is 0. The first-order chi connectivity index (χ1) is 11.0. The average molecular weight is 320 g/mol. The molecule has 0 saturated carbocycles. The Bertz CT molecular complexity index is 519. The molecule has 126 valence electrons. The lowest BCUT2D eigenvalue weighted by molar-refractivity contribution is -0.143. The van der Waals surface area contributed by atoms with Crippen LogP contribution in [0.3, 0.4) is 0 Å². The fourth-order valence-corrected chi connectivity index (χ4v) is 1.91. The Morgan fingerprint density at radius 1 is 1.04 bits per heavy atom. The highest BCUT2D eigenvalue weighted by molar-refractivity contribution is 5.92. The lowest BCUT2D eigenvalue weighted by Crippen LogP contribution is -2.13. The molecule has 1 aromatic carbocycles. The van der Waals surface area contributed by atoms with Crippen molar-refractivity contribution in [2.75, 3.05) is 7.11 Å². The first-order valence-corrected chi connectivity index (χ1v) is 7.79. The Hall–Kier alpha value is -2.30. The first-order valence-electron chi connectivity index (χ1n) is 7.79. The zero-order valence-corrected chi connectivity index (χ0v) is 13.9. The maximum absolute atomic E-state index is 11.6. The van der Waals surface area contributed by atoms with Gasteiger partial charge >= 0.3 is 11.9 Å². The summed E-state index contributed by atoms with van der Waals surface area (Å²) in [6.07, 6.45) is 6.08. The Balaban J connectivity index is 2.36. The maximum atomic E-state index is 11.6. The van der Waals surface area contributed by atoms with E-state index in [9.17, 15) is 9.59 Å². The van der Waals surface area contributed by atoms with Crippen LogP contribution in [0, 0.1) is 0 Å². The van der Waals surface area contributed by atoms with Gasteiger partial charge in [0.25, 0.3) is 0 Å². The van der Waals surface area contributed by atoms with Crippen LogP contribution in [0.2, 0.25) is 0 Å². The molecule has 0 bridgehead atoms. The molecule has 23 heavy (non-hydrogen) atoms. The van der Waals surface area contributed by atoms with Gasteiger partial charge in [-0.05, 0) is 44.0 Å². The van der Waals surface area contributed by atoms with Gasteiger partial charge in [-0.15, -0.1) is 0 Å². The third-order valence-electron chi connectivity index (χ3n) is 3.16. The smallest absolute Gasteiger partial charge is 0.336 e. The molecule has 1 unspecified atom stereocenters. The van der Waals surface area contributed by atoms with Gasteiger partial charge in [-0.1, -0.05) is 19.8 Å². The molecule has 5 nitrogen and oxygen atoms in total. The molecule has 0 aliphatic carbocycles. The topological polar surface area (TPSA) is 61.8 Å². The number of benzene rings is 1. The molecule has 0 aromatic heterocycles. The number of esters is 2. The van der Waals surface area contributed by atoms with Gasteiger partial charge in [-0.25, -0.2) is 9.59 Å². The zero-order chi connectivity index (χ0) is 17.1. The van der Waals surface area contributed by atoms with Crippen molar-refractivity contribution in [1.82, 2.24) is 0 Å². The third-order valence-corrected chi connectivity index (χ3v) is 3.16. The molecular formula is C18H24O5. The lowest BCUT2D eigenvalue weighted by atomic mass is 10.1. The fourth-order valence-electron chi connectivity index (χ4n) is 1.91. The van der Waals surface area contributed by atoms with Crippen LogP contribution in [-0.4, -0.2) is 25.2 Å². The summed E-state index contributed by atoms with van der Waals surface area (Å²) in [5.74, 6) is -0.130. The average Bonchev–Trinajstić information content (AvgIpc) is 2.54. The van der Waals surface area contributed by atoms with Crippen molar-refractivity contribution >= 4 is 11.9 Å². The van der Waals surface area contributed by atoms with E-state index in [1.54, 1.807) is 31.4 Å². The van der Waals surface area contributed by atoms with Gasteiger partial charge in [-0.3, -0.25) is 0 Å². The maximum Gasteiger partial charge on any atom is 0.336 e. The molecule has 0 saturated heterocycles. The Morgan fingerprint density at radius 2 is 1.65 bits per heavy atom. The Kier molecular flexibility index (Phi) is 8.50. The molecule has 0 aliphatic rings. The number of unbranched alkanes of at least 4 members (excludes halogenated alkanes) is 2. The number of methoxy groups -OCH3 is 1. The summed E-state index contributed by atoms with van der Waals surface area (Å²) in [5.41, 5.74) is 0. The molecular weight excluding hydrogens is 296 g/mol. The van der Waals surface area contributed by atoms with E-state index in [1.807, 2.05) is 6.92 Å². The van der Waals surface area contributed by atoms with Crippen molar-refractivity contribution in [3.8, 4) is 11.5 Å². The van der Waals surface area contributed by atoms with E-state index in [0.717, 1.165) is 37.8 Å². The zero-order valence-electron chi connectivity index (χ0n) is 13.9. The van der Waals surface area contributed by atoms with Gasteiger partial charge in [0.1, 0.15) is 11.5 Å². The number of rotatable bonds is 9. The molecule has 0 radical (unpaired) electrons. The number of ether oxygens (including phenoxy) is 3. The van der Waals surface area contributed by atoms with Gasteiger partial charge in [0.05, 0.1) is 13.2 Å². The molecule has 5 heteroatoms. The third kappa shape index (κ3) is 8.04. The van der Waals surface area contributed by atoms with E-state index in [2.05, 4.69) is 6.92 Å². The van der Waals surface area contributed by atoms with Crippen LogP contribution >= 0.6 is 0 Å². The minimum Gasteiger partial charge on any atom is -0.497 e. The molecule has 0 aliphatic heterocycles. The van der Waals surface area contributed by atoms with Gasteiger partial charge in [0.15, 0.2) is 0 Å². The monoisotopic (exact) mass is 320 g/mol. The van der Waals surface area contributed by atoms with Crippen molar-refractivity contribution in [1.29, 1.82) is 0 Å². The second-order valence-corrected chi connectivity index (χ2v) is 5.17. The van der Waals surface area contributed by atoms with Crippen LogP contribution in [0.15, 0.2) is 36.4 Å². The first kappa shape index (κ1) is 18.7. The Labute approximate surface area is 137 Å². The van der Waals surface area contributed by atoms with Crippen LogP contribution < -0.4 is 9.47 Å². The summed E-state index contributed by atoms with van der Waals surface area (Å²) in [7, 11) is 1.55. The van der Waals surface area contributed by atoms with Crippen molar-refractivity contribution in [2.24, 2.45) is 0 Å². The number of hydrogen-bond donors (Lipinski definition) is 0. The van der Waals surface area contributed by atoms with Gasteiger partial charge in [0.2, 0.25) is 0 Å². The minimum atomic E-state index is -0.634. The summed E-state index contributed by atoms with van der Waals surface area (Å²) in [6, 6.07) is 6.58. The molecule has 1 rings (SSSR count). The molecule has 0 fully saturated rings. The van der Waals surface area contributed by atoms with Gasteiger partial charge in [0, 0.05) is 12.2 Å². The quantitative estimate of drug-likeness (QED) is 0.301. The predicted molar refractivity (Wildman–Crippen MR) is 87.5 cm³/mol. The van der Waals surface area contributed by atoms with E-state index in [-0.39, 0.29) is 6.10 Å². The highest BCUT2D eigenvalue weighted by Gasteiger charge is 2.07. The molecule has 1 atom stereocenters. The minimum absolute atomic E-state index is 0.156. The van der Waals surface area contributed by atoms with E-state index < -0.39 is 11.9 Å². The van der Waals surface area contributed by atoms with Crippen molar-refractivity contribution < 1.29 is 23.8 Å². The predicted octanol–water partition coefficient (Wildman–Crippen LogP) is 3.67. The molecule has 0 spiro atoms. The fraction of sp³-hybridized carbons (Fsp3) is 0.444. The van der Waals surface area contributed by atoms with Gasteiger partial charge < -0.3 is 14.2 Å². The summed E-state index contributed by atoms with van der Waals surface area (Å²) < 4.78 is 15.2. The highest BCUT2D eigenvalue weighted by atomic mass is 16.5. The van der Waals surface area contributed by atoms with Crippen LogP contribution in [0.25, 0.3) is 0 Å². The van der Waals surface area contributed by atoms with Crippen LogP contribution in [-0.2, 0) is 14.3 Å². The summed E-state index contributed by atoms with van der Waals surface area (Å²) in [4.78, 5) is 23.2. The van der Waals surface area contributed by atoms with E-state index in [1.165, 1.54) is 0 Å². The SMILES string of the molecule is CCCCCC(C)OC(=O)/C=C/C(=O)Oc1ccc(OC)cc1. The van der Waals surface area contributed by atoms with Crippen molar-refractivity contribution in [3.05, 3.63) is 36.4 Å². The molecule has 1 aromatic rings. The lowest BCUT2D eigenvalue weighted by Gasteiger charge is -2.10. The standard InChI is InChI=1S/C18H24O5/c1-4-5-6-7-14(2)22-17(19)12-13-18(20)23-16-10-8-15(21-3)9-11-16/h8-14H,4-7H2,1-3H3/b13-12+. The Morgan fingerprint density at radius 3 is 2.26 bits per heavy atom. The van der Waals surface area contributed by atoms with Gasteiger partial charge in [-0.2, -0.15) is 0 Å². The second kappa shape index (κ2) is 10.4. The molecule has 0 amide bonds. The number of carbonyl (C=O) groups excluding carboxylic acids is 2. The van der Waals surface area contributed by atoms with E-state index in [0.29, 0.717) is 11.5 Å². The largest absolute Gasteiger partial charge is 0.497 e. The van der Waals surface area contributed by atoms with Crippen LogP contribution in [0.1, 0.15) is 39.5 Å². The normalized spacial score (nSPS) is 12.0.